The zero-order valence-corrected chi connectivity index (χ0v) is 16.9. The van der Waals surface area contributed by atoms with Gasteiger partial charge >= 0.3 is 5.97 Å². The highest BCUT2D eigenvalue weighted by Crippen LogP contribution is 2.55. The van der Waals surface area contributed by atoms with Crippen LogP contribution in [0.1, 0.15) is 61.5 Å². The Morgan fingerprint density at radius 3 is 1.93 bits per heavy atom. The fourth-order valence-corrected chi connectivity index (χ4v) is 2.98. The van der Waals surface area contributed by atoms with Crippen LogP contribution < -0.4 is 4.74 Å². The van der Waals surface area contributed by atoms with Gasteiger partial charge < -0.3 is 9.47 Å². The summed E-state index contributed by atoms with van der Waals surface area (Å²) in [5.74, 6) is -3.64. The van der Waals surface area contributed by atoms with Crippen LogP contribution in [0.5, 0.6) is 5.75 Å². The fourth-order valence-electron chi connectivity index (χ4n) is 2.98. The van der Waals surface area contributed by atoms with Crippen LogP contribution in [0, 0.1) is 0 Å². The van der Waals surface area contributed by atoms with E-state index in [1.165, 1.54) is 0 Å². The number of carbonyl (C=O) groups excluding carboxylic acids is 2. The first-order valence-corrected chi connectivity index (χ1v) is 9.52. The van der Waals surface area contributed by atoms with Gasteiger partial charge in [0.1, 0.15) is 5.75 Å². The number of hydrogen-bond donors (Lipinski definition) is 0. The van der Waals surface area contributed by atoms with Gasteiger partial charge in [0.2, 0.25) is 0 Å². The number of hydrogen-bond acceptors (Lipinski definition) is 4. The molecule has 1 aliphatic rings. The van der Waals surface area contributed by atoms with Crippen molar-refractivity contribution in [3.05, 3.63) is 65.2 Å². The Hall–Kier alpha value is -2.76. The summed E-state index contributed by atoms with van der Waals surface area (Å²) in [4.78, 5) is 24.7. The molecule has 1 fully saturated rings. The summed E-state index contributed by atoms with van der Waals surface area (Å²) in [5, 5.41) is 0. The third-order valence-corrected chi connectivity index (χ3v) is 4.73. The van der Waals surface area contributed by atoms with Crippen LogP contribution in [0.4, 0.5) is 8.78 Å². The Bertz CT molecular complexity index is 899. The molecule has 6 heteroatoms. The average Bonchev–Trinajstić information content (AvgIpc) is 3.29. The topological polar surface area (TPSA) is 52.6 Å². The van der Waals surface area contributed by atoms with E-state index in [0.29, 0.717) is 22.4 Å². The highest BCUT2D eigenvalue weighted by Gasteiger charge is 2.57. The molecule has 0 radical (unpaired) electrons. The van der Waals surface area contributed by atoms with Crippen molar-refractivity contribution in [3.63, 3.8) is 0 Å². The van der Waals surface area contributed by atoms with Crippen LogP contribution in [-0.4, -0.2) is 29.4 Å². The summed E-state index contributed by atoms with van der Waals surface area (Å²) in [6, 6.07) is 12.7. The Morgan fingerprint density at radius 2 is 1.48 bits per heavy atom. The van der Waals surface area contributed by atoms with Crippen molar-refractivity contribution < 1.29 is 27.8 Å². The predicted molar refractivity (Wildman–Crippen MR) is 105 cm³/mol. The van der Waals surface area contributed by atoms with Crippen molar-refractivity contribution in [1.29, 1.82) is 0 Å². The molecule has 1 atom stereocenters. The largest absolute Gasteiger partial charge is 0.476 e. The molecule has 0 N–H and O–H groups in total. The van der Waals surface area contributed by atoms with Gasteiger partial charge in [0.25, 0.3) is 5.92 Å². The van der Waals surface area contributed by atoms with Crippen LogP contribution in [0.15, 0.2) is 48.5 Å². The number of carbonyl (C=O) groups is 2. The molecule has 0 heterocycles. The first kappa shape index (κ1) is 21.0. The van der Waals surface area contributed by atoms with Crippen LogP contribution in [-0.2, 0) is 9.53 Å². The maximum atomic E-state index is 13.2. The normalized spacial score (nSPS) is 17.7. The lowest BCUT2D eigenvalue weighted by Crippen LogP contribution is -2.40. The summed E-state index contributed by atoms with van der Waals surface area (Å²) in [6.07, 6.45) is -0.383. The van der Waals surface area contributed by atoms with E-state index >= 15 is 0 Å². The van der Waals surface area contributed by atoms with Crippen LogP contribution >= 0.6 is 0 Å². The third-order valence-electron chi connectivity index (χ3n) is 4.73. The Morgan fingerprint density at radius 1 is 1.00 bits per heavy atom. The van der Waals surface area contributed by atoms with Gasteiger partial charge in [-0.15, -0.1) is 0 Å². The van der Waals surface area contributed by atoms with Gasteiger partial charge in [-0.25, -0.2) is 13.6 Å². The number of halogens is 2. The number of rotatable bonds is 7. The van der Waals surface area contributed by atoms with Crippen LogP contribution in [0.2, 0.25) is 0 Å². The third kappa shape index (κ3) is 4.81. The number of alkyl halides is 2. The molecule has 2 aromatic carbocycles. The van der Waals surface area contributed by atoms with Gasteiger partial charge in [0.15, 0.2) is 11.4 Å². The van der Waals surface area contributed by atoms with Crippen molar-refractivity contribution in [2.24, 2.45) is 0 Å². The zero-order chi connectivity index (χ0) is 21.4. The van der Waals surface area contributed by atoms with E-state index in [9.17, 15) is 18.4 Å². The highest BCUT2D eigenvalue weighted by atomic mass is 19.3. The second-order valence-electron chi connectivity index (χ2n) is 8.06. The number of esters is 1. The van der Waals surface area contributed by atoms with Crippen LogP contribution in [0.25, 0.3) is 0 Å². The first-order valence-electron chi connectivity index (χ1n) is 9.52. The first-order chi connectivity index (χ1) is 13.5. The molecule has 0 saturated heterocycles. The lowest BCUT2D eigenvalue weighted by atomic mass is 10.0. The fraction of sp³-hybridized carbons (Fsp3) is 0.391. The second kappa shape index (κ2) is 7.58. The maximum Gasteiger partial charge on any atom is 0.350 e. The molecule has 4 nitrogen and oxygen atoms in total. The summed E-state index contributed by atoms with van der Waals surface area (Å²) in [5.41, 5.74) is 0.235. The van der Waals surface area contributed by atoms with E-state index in [1.807, 2.05) is 0 Å². The van der Waals surface area contributed by atoms with E-state index in [0.717, 1.165) is 0 Å². The van der Waals surface area contributed by atoms with E-state index in [2.05, 4.69) is 0 Å². The Labute approximate surface area is 168 Å². The van der Waals surface area contributed by atoms with Crippen molar-refractivity contribution in [3.8, 4) is 5.75 Å². The molecule has 1 aliphatic carbocycles. The number of ether oxygens (including phenoxy) is 2. The molecule has 1 saturated carbocycles. The zero-order valence-electron chi connectivity index (χ0n) is 16.9. The van der Waals surface area contributed by atoms with Gasteiger partial charge in [0, 0.05) is 17.5 Å². The second-order valence-corrected chi connectivity index (χ2v) is 8.06. The summed E-state index contributed by atoms with van der Waals surface area (Å²) in [6.45, 7) is 6.75. The van der Waals surface area contributed by atoms with Gasteiger partial charge in [-0.1, -0.05) is 24.3 Å². The van der Waals surface area contributed by atoms with E-state index in [1.54, 1.807) is 76.2 Å². The van der Waals surface area contributed by atoms with Gasteiger partial charge in [0.05, 0.1) is 12.0 Å². The molecule has 0 aliphatic heterocycles. The SMILES string of the molecule is CC(C)OC(=O)C(C)(C)Oc1ccc(C(=O)c2ccc(C3CC3(F)F)cc2)cc1. The maximum absolute atomic E-state index is 13.2. The molecule has 154 valence electrons. The van der Waals surface area contributed by atoms with E-state index in [-0.39, 0.29) is 18.3 Å². The van der Waals surface area contributed by atoms with Crippen molar-refractivity contribution in [2.45, 2.75) is 57.7 Å². The predicted octanol–water partition coefficient (Wildman–Crippen LogP) is 5.15. The summed E-state index contributed by atoms with van der Waals surface area (Å²) < 4.78 is 37.2. The molecule has 0 spiro atoms. The van der Waals surface area contributed by atoms with Gasteiger partial charge in [-0.2, -0.15) is 0 Å². The van der Waals surface area contributed by atoms with Crippen molar-refractivity contribution in [2.75, 3.05) is 0 Å². The lowest BCUT2D eigenvalue weighted by molar-refractivity contribution is -0.163. The average molecular weight is 402 g/mol. The van der Waals surface area contributed by atoms with E-state index in [4.69, 9.17) is 9.47 Å². The molecular formula is C23H24F2O4. The molecule has 3 rings (SSSR count). The molecule has 29 heavy (non-hydrogen) atoms. The summed E-state index contributed by atoms with van der Waals surface area (Å²) >= 11 is 0. The smallest absolute Gasteiger partial charge is 0.350 e. The Balaban J connectivity index is 1.66. The van der Waals surface area contributed by atoms with E-state index < -0.39 is 23.4 Å². The molecule has 0 amide bonds. The molecule has 0 bridgehead atoms. The van der Waals surface area contributed by atoms with Gasteiger partial charge in [-0.05, 0) is 57.5 Å². The van der Waals surface area contributed by atoms with Crippen LogP contribution in [0.3, 0.4) is 0 Å². The minimum atomic E-state index is -2.63. The standard InChI is InChI=1S/C23H24F2O4/c1-14(2)28-21(27)22(3,4)29-18-11-9-17(10-12-18)20(26)16-7-5-15(6-8-16)19-13-23(19,24)25/h5-12,14,19H,13H2,1-4H3. The quantitative estimate of drug-likeness (QED) is 0.475. The molecule has 0 aromatic heterocycles. The number of ketones is 1. The van der Waals surface area contributed by atoms with Crippen molar-refractivity contribution in [1.82, 2.24) is 0 Å². The van der Waals surface area contributed by atoms with Crippen molar-refractivity contribution >= 4 is 11.8 Å². The van der Waals surface area contributed by atoms with Gasteiger partial charge in [-0.3, -0.25) is 4.79 Å². The monoisotopic (exact) mass is 402 g/mol. The minimum absolute atomic E-state index is 0.136. The number of benzene rings is 2. The Kier molecular flexibility index (Phi) is 5.48. The molecular weight excluding hydrogens is 378 g/mol. The highest BCUT2D eigenvalue weighted by molar-refractivity contribution is 6.09. The summed E-state index contributed by atoms with van der Waals surface area (Å²) in [7, 11) is 0. The lowest BCUT2D eigenvalue weighted by Gasteiger charge is -2.25. The molecule has 1 unspecified atom stereocenters. The molecule has 2 aromatic rings. The minimum Gasteiger partial charge on any atom is -0.476 e.